The van der Waals surface area contributed by atoms with E-state index in [2.05, 4.69) is 17.4 Å². The second kappa shape index (κ2) is 9.85. The van der Waals surface area contributed by atoms with Crippen molar-refractivity contribution in [1.82, 2.24) is 9.62 Å². The molecule has 1 amide bonds. The molecular weight excluding hydrogens is 428 g/mol. The van der Waals surface area contributed by atoms with Crippen LogP contribution in [0, 0.1) is 0 Å². The van der Waals surface area contributed by atoms with Gasteiger partial charge in [0.2, 0.25) is 15.9 Å². The SMILES string of the molecule is COc1ccc(/C=C/C(=O)NC2CCCc3ccccc32)cc1S(=O)(=O)N1CCOCC1. The van der Waals surface area contributed by atoms with Crippen molar-refractivity contribution in [3.05, 3.63) is 65.2 Å². The van der Waals surface area contributed by atoms with Crippen molar-refractivity contribution in [2.75, 3.05) is 33.4 Å². The van der Waals surface area contributed by atoms with Crippen LogP contribution in [0.2, 0.25) is 0 Å². The van der Waals surface area contributed by atoms with Gasteiger partial charge in [0.15, 0.2) is 0 Å². The lowest BCUT2D eigenvalue weighted by molar-refractivity contribution is -0.117. The Hall–Kier alpha value is -2.68. The van der Waals surface area contributed by atoms with E-state index >= 15 is 0 Å². The molecule has 1 fully saturated rings. The minimum atomic E-state index is -3.73. The lowest BCUT2D eigenvalue weighted by atomic mass is 9.88. The first kappa shape index (κ1) is 22.5. The molecule has 1 atom stereocenters. The average Bonchev–Trinajstić information content (AvgIpc) is 2.83. The Kier molecular flexibility index (Phi) is 6.93. The van der Waals surface area contributed by atoms with Crippen LogP contribution in [0.4, 0.5) is 0 Å². The molecule has 4 rings (SSSR count). The van der Waals surface area contributed by atoms with Gasteiger partial charge in [0.1, 0.15) is 10.6 Å². The van der Waals surface area contributed by atoms with Crippen LogP contribution in [0.5, 0.6) is 5.75 Å². The van der Waals surface area contributed by atoms with E-state index in [0.29, 0.717) is 31.9 Å². The van der Waals surface area contributed by atoms with Gasteiger partial charge < -0.3 is 14.8 Å². The van der Waals surface area contributed by atoms with Gasteiger partial charge in [-0.3, -0.25) is 4.79 Å². The van der Waals surface area contributed by atoms with Crippen LogP contribution in [-0.2, 0) is 26.0 Å². The molecule has 1 aliphatic carbocycles. The number of morpholine rings is 1. The van der Waals surface area contributed by atoms with E-state index in [1.165, 1.54) is 28.6 Å². The minimum absolute atomic E-state index is 0.00905. The zero-order valence-corrected chi connectivity index (χ0v) is 18.9. The van der Waals surface area contributed by atoms with Gasteiger partial charge in [-0.2, -0.15) is 4.31 Å². The Bertz CT molecular complexity index is 1110. The maximum absolute atomic E-state index is 13.1. The van der Waals surface area contributed by atoms with Crippen molar-refractivity contribution in [1.29, 1.82) is 0 Å². The van der Waals surface area contributed by atoms with Gasteiger partial charge in [-0.05, 0) is 54.2 Å². The Morgan fingerprint density at radius 1 is 1.19 bits per heavy atom. The zero-order chi connectivity index (χ0) is 22.6. The molecule has 8 heteroatoms. The predicted octanol–water partition coefficient (Wildman–Crippen LogP) is 2.92. The monoisotopic (exact) mass is 456 g/mol. The molecular formula is C24H28N2O5S. The topological polar surface area (TPSA) is 84.9 Å². The van der Waals surface area contributed by atoms with E-state index < -0.39 is 10.0 Å². The summed E-state index contributed by atoms with van der Waals surface area (Å²) in [5.41, 5.74) is 3.06. The number of rotatable bonds is 6. The maximum Gasteiger partial charge on any atom is 0.246 e. The number of fused-ring (bicyclic) bond motifs is 1. The highest BCUT2D eigenvalue weighted by Gasteiger charge is 2.29. The number of carbonyl (C=O) groups excluding carboxylic acids is 1. The number of methoxy groups -OCH3 is 1. The van der Waals surface area contributed by atoms with Crippen LogP contribution in [0.1, 0.15) is 35.6 Å². The summed E-state index contributed by atoms with van der Waals surface area (Å²) in [6.45, 7) is 1.34. The van der Waals surface area contributed by atoms with Crippen molar-refractivity contribution < 1.29 is 22.7 Å². The number of nitrogens with one attached hydrogen (secondary N) is 1. The second-order valence-electron chi connectivity index (χ2n) is 7.91. The largest absolute Gasteiger partial charge is 0.495 e. The van der Waals surface area contributed by atoms with E-state index in [0.717, 1.165) is 19.3 Å². The van der Waals surface area contributed by atoms with Crippen LogP contribution in [0.3, 0.4) is 0 Å². The number of nitrogens with zero attached hydrogens (tertiary/aromatic N) is 1. The van der Waals surface area contributed by atoms with Crippen LogP contribution < -0.4 is 10.1 Å². The lowest BCUT2D eigenvalue weighted by Gasteiger charge is -2.26. The molecule has 1 aliphatic heterocycles. The van der Waals surface area contributed by atoms with Crippen LogP contribution >= 0.6 is 0 Å². The Labute approximate surface area is 189 Å². The summed E-state index contributed by atoms with van der Waals surface area (Å²) in [5.74, 6) is 0.0667. The average molecular weight is 457 g/mol. The smallest absolute Gasteiger partial charge is 0.246 e. The maximum atomic E-state index is 13.1. The fraction of sp³-hybridized carbons (Fsp3) is 0.375. The molecule has 0 aromatic heterocycles. The lowest BCUT2D eigenvalue weighted by Crippen LogP contribution is -2.40. The summed E-state index contributed by atoms with van der Waals surface area (Å²) in [7, 11) is -2.29. The highest BCUT2D eigenvalue weighted by molar-refractivity contribution is 7.89. The highest BCUT2D eigenvalue weighted by atomic mass is 32.2. The van der Waals surface area contributed by atoms with E-state index in [1.54, 1.807) is 24.3 Å². The number of carbonyl (C=O) groups is 1. The molecule has 2 aliphatic rings. The first-order chi connectivity index (χ1) is 15.5. The molecule has 1 unspecified atom stereocenters. The van der Waals surface area contributed by atoms with Crippen LogP contribution in [0.25, 0.3) is 6.08 Å². The van der Waals surface area contributed by atoms with Gasteiger partial charge in [0.25, 0.3) is 0 Å². The summed E-state index contributed by atoms with van der Waals surface area (Å²) in [6, 6.07) is 13.1. The van der Waals surface area contributed by atoms with Crippen molar-refractivity contribution in [2.24, 2.45) is 0 Å². The molecule has 32 heavy (non-hydrogen) atoms. The molecule has 1 N–H and O–H groups in total. The van der Waals surface area contributed by atoms with E-state index in [-0.39, 0.29) is 22.6 Å². The summed E-state index contributed by atoms with van der Waals surface area (Å²) < 4.78 is 38.2. The van der Waals surface area contributed by atoms with Crippen molar-refractivity contribution >= 4 is 22.0 Å². The van der Waals surface area contributed by atoms with Gasteiger partial charge in [0, 0.05) is 19.2 Å². The third-order valence-electron chi connectivity index (χ3n) is 5.89. The normalized spacial score (nSPS) is 19.5. The predicted molar refractivity (Wildman–Crippen MR) is 122 cm³/mol. The van der Waals surface area contributed by atoms with Crippen molar-refractivity contribution in [3.8, 4) is 5.75 Å². The molecule has 7 nitrogen and oxygen atoms in total. The van der Waals surface area contributed by atoms with Crippen molar-refractivity contribution in [3.63, 3.8) is 0 Å². The fourth-order valence-corrected chi connectivity index (χ4v) is 5.82. The van der Waals surface area contributed by atoms with Gasteiger partial charge in [0.05, 0.1) is 26.4 Å². The van der Waals surface area contributed by atoms with E-state index in [1.807, 2.05) is 12.1 Å². The molecule has 170 valence electrons. The summed E-state index contributed by atoms with van der Waals surface area (Å²) >= 11 is 0. The van der Waals surface area contributed by atoms with Crippen LogP contribution in [-0.4, -0.2) is 52.0 Å². The summed E-state index contributed by atoms with van der Waals surface area (Å²) in [6.07, 6.45) is 6.05. The molecule has 2 aromatic rings. The van der Waals surface area contributed by atoms with E-state index in [9.17, 15) is 13.2 Å². The van der Waals surface area contributed by atoms with Crippen molar-refractivity contribution in [2.45, 2.75) is 30.2 Å². The summed E-state index contributed by atoms with van der Waals surface area (Å²) in [4.78, 5) is 12.7. The quantitative estimate of drug-likeness (QED) is 0.676. The third kappa shape index (κ3) is 4.87. The molecule has 0 radical (unpaired) electrons. The number of sulfonamides is 1. The molecule has 1 heterocycles. The highest BCUT2D eigenvalue weighted by Crippen LogP contribution is 2.30. The number of amides is 1. The fourth-order valence-electron chi connectivity index (χ4n) is 4.22. The van der Waals surface area contributed by atoms with E-state index in [4.69, 9.17) is 9.47 Å². The van der Waals surface area contributed by atoms with Gasteiger partial charge in [-0.25, -0.2) is 8.42 Å². The Morgan fingerprint density at radius 3 is 2.75 bits per heavy atom. The first-order valence-electron chi connectivity index (χ1n) is 10.8. The number of hydrogen-bond donors (Lipinski definition) is 1. The standard InChI is InChI=1S/C24H28N2O5S/c1-30-22-11-9-18(17-23(22)32(28,29)26-13-15-31-16-14-26)10-12-24(27)25-21-8-4-6-19-5-2-3-7-20(19)21/h2-3,5,7,9-12,17,21H,4,6,8,13-16H2,1H3,(H,25,27)/b12-10+. The van der Waals surface area contributed by atoms with Gasteiger partial charge in [-0.15, -0.1) is 0 Å². The minimum Gasteiger partial charge on any atom is -0.495 e. The Balaban J connectivity index is 1.51. The zero-order valence-electron chi connectivity index (χ0n) is 18.1. The van der Waals surface area contributed by atoms with Crippen LogP contribution in [0.15, 0.2) is 53.4 Å². The molecule has 1 saturated heterocycles. The molecule has 2 aromatic carbocycles. The number of ether oxygens (including phenoxy) is 2. The number of benzene rings is 2. The molecule has 0 saturated carbocycles. The second-order valence-corrected chi connectivity index (χ2v) is 9.82. The Morgan fingerprint density at radius 2 is 1.97 bits per heavy atom. The molecule has 0 bridgehead atoms. The number of hydrogen-bond acceptors (Lipinski definition) is 5. The van der Waals surface area contributed by atoms with Gasteiger partial charge >= 0.3 is 0 Å². The molecule has 0 spiro atoms. The summed E-state index contributed by atoms with van der Waals surface area (Å²) in [5, 5.41) is 3.07. The third-order valence-corrected chi connectivity index (χ3v) is 7.81. The first-order valence-corrected chi connectivity index (χ1v) is 12.3. The van der Waals surface area contributed by atoms with Gasteiger partial charge in [-0.1, -0.05) is 30.3 Å². The number of aryl methyl sites for hydroxylation is 1.